The van der Waals surface area contributed by atoms with Crippen LogP contribution in [0.4, 0.5) is 61.0 Å². The highest BCUT2D eigenvalue weighted by Crippen LogP contribution is 2.54. The van der Waals surface area contributed by atoms with E-state index in [1.54, 1.807) is 12.1 Å². The Morgan fingerprint density at radius 1 is 0.333 bits per heavy atom. The van der Waals surface area contributed by atoms with Crippen LogP contribution in [0.5, 0.6) is 0 Å². The molecule has 9 aromatic carbocycles. The van der Waals surface area contributed by atoms with Gasteiger partial charge >= 0.3 is 12.4 Å². The summed E-state index contributed by atoms with van der Waals surface area (Å²) >= 11 is 0. The van der Waals surface area contributed by atoms with Crippen LogP contribution in [0.25, 0.3) is 77.3 Å². The number of nitrogens with zero attached hydrogens (tertiary/aromatic N) is 6. The highest BCUT2D eigenvalue weighted by atomic mass is 19.4. The molecule has 0 N–H and O–H groups in total. The van der Waals surface area contributed by atoms with Gasteiger partial charge in [0.05, 0.1) is 33.5 Å². The Labute approximate surface area is 409 Å². The average molecular weight is 957 g/mol. The maximum absolute atomic E-state index is 13.9. The van der Waals surface area contributed by atoms with E-state index in [4.69, 9.17) is 19.9 Å². The number of anilines is 6. The van der Waals surface area contributed by atoms with Crippen molar-refractivity contribution >= 4 is 67.2 Å². The molecule has 0 unspecified atom stereocenters. The Balaban J connectivity index is 1.18. The molecule has 0 saturated heterocycles. The summed E-state index contributed by atoms with van der Waals surface area (Å²) in [5, 5.41) is 3.94. The van der Waals surface area contributed by atoms with Crippen molar-refractivity contribution in [2.45, 2.75) is 26.2 Å². The first kappa shape index (κ1) is 44.3. The highest BCUT2D eigenvalue weighted by Gasteiger charge is 2.38. The van der Waals surface area contributed by atoms with E-state index in [9.17, 15) is 26.3 Å². The van der Waals surface area contributed by atoms with Crippen molar-refractivity contribution < 1.29 is 26.3 Å². The summed E-state index contributed by atoms with van der Waals surface area (Å²) in [4.78, 5) is 26.0. The predicted octanol–water partition coefficient (Wildman–Crippen LogP) is 17.3. The van der Waals surface area contributed by atoms with Crippen molar-refractivity contribution in [2.75, 3.05) is 9.80 Å². The molecule has 0 saturated carbocycles. The van der Waals surface area contributed by atoms with Gasteiger partial charge in [0.25, 0.3) is 0 Å². The molecule has 0 bridgehead atoms. The van der Waals surface area contributed by atoms with Gasteiger partial charge in [-0.2, -0.15) is 26.3 Å². The fraction of sp³-hybridized carbons (Fsp3) is 0.0667. The molecular weight excluding hydrogens is 919 g/mol. The number of hydrogen-bond acceptors (Lipinski definition) is 6. The number of fused-ring (bicyclic) bond motifs is 5. The lowest BCUT2D eigenvalue weighted by atomic mass is 9.92. The predicted molar refractivity (Wildman–Crippen MR) is 274 cm³/mol. The average Bonchev–Trinajstić information content (AvgIpc) is 3.38. The minimum absolute atomic E-state index is 0.370. The minimum Gasteiger partial charge on any atom is -0.273 e. The number of alkyl halides is 6. The van der Waals surface area contributed by atoms with E-state index in [1.165, 1.54) is 24.3 Å². The normalized spacial score (nSPS) is 12.7. The van der Waals surface area contributed by atoms with E-state index in [1.807, 2.05) is 145 Å². The second-order valence-corrected chi connectivity index (χ2v) is 17.9. The first-order chi connectivity index (χ1) is 34.7. The van der Waals surface area contributed by atoms with E-state index >= 15 is 0 Å². The van der Waals surface area contributed by atoms with E-state index in [-0.39, 0.29) is 0 Å². The van der Waals surface area contributed by atoms with Gasteiger partial charge in [-0.1, -0.05) is 145 Å². The summed E-state index contributed by atoms with van der Waals surface area (Å²) in [6, 6.07) is 57.3. The smallest absolute Gasteiger partial charge is 0.273 e. The lowest BCUT2D eigenvalue weighted by molar-refractivity contribution is -0.138. The Morgan fingerprint density at radius 2 is 0.667 bits per heavy atom. The summed E-state index contributed by atoms with van der Waals surface area (Å²) < 4.78 is 83.4. The van der Waals surface area contributed by atoms with Gasteiger partial charge in [-0.05, 0) is 118 Å². The molecule has 0 aliphatic carbocycles. The molecule has 6 nitrogen and oxygen atoms in total. The zero-order chi connectivity index (χ0) is 49.5. The molecule has 0 amide bonds. The SMILES string of the molecule is Cc1ccc(-c2nc3c(nc2-c2ccc(C)cc2)N(c2ccc4ccccc4c2)c2nc4cc(-c5ccc(C(F)(F)F)cc5)c(-c5ccc(C(F)(F)F)cc5)cc4nc2N3c2ccc3ccccc3c2)cc1. The molecule has 2 aromatic heterocycles. The zero-order valence-corrected chi connectivity index (χ0v) is 38.4. The fourth-order valence-corrected chi connectivity index (χ4v) is 9.40. The number of halogens is 6. The second kappa shape index (κ2) is 16.9. The molecular formula is C60H38F6N6. The van der Waals surface area contributed by atoms with Crippen LogP contribution in [0.3, 0.4) is 0 Å². The highest BCUT2D eigenvalue weighted by molar-refractivity contribution is 6.04. The van der Waals surface area contributed by atoms with Crippen molar-refractivity contribution in [3.05, 3.63) is 216 Å². The number of rotatable bonds is 6. The third kappa shape index (κ3) is 7.90. The Bertz CT molecular complexity index is 3650. The van der Waals surface area contributed by atoms with E-state index in [0.717, 1.165) is 68.1 Å². The third-order valence-corrected chi connectivity index (χ3v) is 13.2. The van der Waals surface area contributed by atoms with Gasteiger partial charge in [-0.3, -0.25) is 9.80 Å². The fourth-order valence-electron chi connectivity index (χ4n) is 9.40. The van der Waals surface area contributed by atoms with E-state index < -0.39 is 23.5 Å². The van der Waals surface area contributed by atoms with Crippen LogP contribution in [0.1, 0.15) is 22.3 Å². The van der Waals surface area contributed by atoms with Crippen molar-refractivity contribution in [1.29, 1.82) is 0 Å². The molecule has 0 fully saturated rings. The van der Waals surface area contributed by atoms with Crippen LogP contribution in [-0.4, -0.2) is 19.9 Å². The summed E-state index contributed by atoms with van der Waals surface area (Å²) in [5.41, 5.74) is 7.24. The third-order valence-electron chi connectivity index (χ3n) is 13.2. The largest absolute Gasteiger partial charge is 0.416 e. The molecule has 12 heteroatoms. The molecule has 0 radical (unpaired) electrons. The van der Waals surface area contributed by atoms with Gasteiger partial charge in [0, 0.05) is 22.5 Å². The minimum atomic E-state index is -4.59. The summed E-state index contributed by atoms with van der Waals surface area (Å²) in [7, 11) is 0. The van der Waals surface area contributed by atoms with E-state index in [0.29, 0.717) is 79.3 Å². The molecule has 1 aliphatic rings. The van der Waals surface area contributed by atoms with Gasteiger partial charge in [0.15, 0.2) is 23.3 Å². The van der Waals surface area contributed by atoms with Crippen molar-refractivity contribution in [1.82, 2.24) is 19.9 Å². The molecule has 72 heavy (non-hydrogen) atoms. The van der Waals surface area contributed by atoms with E-state index in [2.05, 4.69) is 12.1 Å². The molecule has 1 aliphatic heterocycles. The van der Waals surface area contributed by atoms with Crippen molar-refractivity contribution in [3.63, 3.8) is 0 Å². The second-order valence-electron chi connectivity index (χ2n) is 17.9. The van der Waals surface area contributed by atoms with Crippen LogP contribution >= 0.6 is 0 Å². The zero-order valence-electron chi connectivity index (χ0n) is 38.4. The summed E-state index contributed by atoms with van der Waals surface area (Å²) in [5.74, 6) is 1.67. The lowest BCUT2D eigenvalue weighted by Crippen LogP contribution is -2.28. The molecule has 11 aromatic rings. The van der Waals surface area contributed by atoms with Crippen molar-refractivity contribution in [2.24, 2.45) is 0 Å². The summed E-state index contributed by atoms with van der Waals surface area (Å²) in [6.07, 6.45) is -9.18. The topological polar surface area (TPSA) is 58.0 Å². The standard InChI is InChI=1S/C60H38F6N6/c1-35-11-15-41(16-12-35)53-54(42-17-13-36(2)14-18-42)70-58-57(69-53)71(47-29-23-37-7-3-5-9-43(37)31-47)55-56(72(58)48-30-24-38-8-4-6-10-44(38)32-48)68-52-34-50(40-21-27-46(28-22-40)60(64,65)66)49(33-51(52)67-55)39-19-25-45(26-20-39)59(61,62)63/h3-34H,1-2H3. The molecule has 12 rings (SSSR count). The quantitative estimate of drug-likeness (QED) is 0.155. The van der Waals surface area contributed by atoms with Gasteiger partial charge in [0.2, 0.25) is 0 Å². The summed E-state index contributed by atoms with van der Waals surface area (Å²) in [6.45, 7) is 4.06. The number of aryl methyl sites for hydroxylation is 2. The monoisotopic (exact) mass is 956 g/mol. The number of aromatic nitrogens is 4. The molecule has 350 valence electrons. The number of benzene rings is 9. The van der Waals surface area contributed by atoms with Crippen LogP contribution in [0.2, 0.25) is 0 Å². The van der Waals surface area contributed by atoms with Crippen LogP contribution in [0, 0.1) is 13.8 Å². The number of hydrogen-bond donors (Lipinski definition) is 0. The van der Waals surface area contributed by atoms with Crippen molar-refractivity contribution in [3.8, 4) is 44.8 Å². The van der Waals surface area contributed by atoms with Gasteiger partial charge in [0.1, 0.15) is 0 Å². The first-order valence-corrected chi connectivity index (χ1v) is 23.1. The molecule has 3 heterocycles. The maximum Gasteiger partial charge on any atom is 0.416 e. The lowest BCUT2D eigenvalue weighted by Gasteiger charge is -2.37. The van der Waals surface area contributed by atoms with Gasteiger partial charge < -0.3 is 0 Å². The first-order valence-electron chi connectivity index (χ1n) is 23.1. The van der Waals surface area contributed by atoms with Crippen LogP contribution in [0.15, 0.2) is 194 Å². The van der Waals surface area contributed by atoms with Gasteiger partial charge in [-0.25, -0.2) is 19.9 Å². The molecule has 0 atom stereocenters. The Kier molecular flexibility index (Phi) is 10.4. The van der Waals surface area contributed by atoms with Crippen LogP contribution < -0.4 is 9.80 Å². The van der Waals surface area contributed by atoms with Gasteiger partial charge in [-0.15, -0.1) is 0 Å². The molecule has 0 spiro atoms. The Hall–Kier alpha value is -8.90. The Morgan fingerprint density at radius 3 is 1.03 bits per heavy atom. The maximum atomic E-state index is 13.9. The van der Waals surface area contributed by atoms with Crippen LogP contribution in [-0.2, 0) is 12.4 Å².